The number of anilines is 3. The molecular formula is C27H34N4O3. The van der Waals surface area contributed by atoms with Crippen molar-refractivity contribution in [1.82, 2.24) is 0 Å². The van der Waals surface area contributed by atoms with E-state index in [4.69, 9.17) is 5.73 Å². The van der Waals surface area contributed by atoms with Gasteiger partial charge >= 0.3 is 0 Å². The molecule has 3 amide bonds. The van der Waals surface area contributed by atoms with Crippen molar-refractivity contribution in [3.63, 3.8) is 0 Å². The molecular weight excluding hydrogens is 428 g/mol. The van der Waals surface area contributed by atoms with Crippen molar-refractivity contribution in [3.05, 3.63) is 54.1 Å². The van der Waals surface area contributed by atoms with E-state index in [2.05, 4.69) is 29.3 Å². The van der Waals surface area contributed by atoms with E-state index in [0.29, 0.717) is 32.5 Å². The zero-order valence-corrected chi connectivity index (χ0v) is 19.8. The Kier molecular flexibility index (Phi) is 7.50. The highest BCUT2D eigenvalue weighted by molar-refractivity contribution is 6.04. The van der Waals surface area contributed by atoms with E-state index in [1.54, 1.807) is 4.90 Å². The molecule has 3 N–H and O–H groups in total. The molecule has 2 aromatic carbocycles. The Morgan fingerprint density at radius 2 is 1.74 bits per heavy atom. The molecule has 2 saturated heterocycles. The summed E-state index contributed by atoms with van der Waals surface area (Å²) in [5.41, 5.74) is 9.24. The number of nitrogens with two attached hydrogens (primary N) is 1. The molecule has 0 radical (unpaired) electrons. The number of piperidine rings is 1. The second-order valence-electron chi connectivity index (χ2n) is 9.35. The highest BCUT2D eigenvalue weighted by atomic mass is 16.2. The third-order valence-corrected chi connectivity index (χ3v) is 6.96. The van der Waals surface area contributed by atoms with E-state index >= 15 is 0 Å². The van der Waals surface area contributed by atoms with Gasteiger partial charge in [0.2, 0.25) is 17.7 Å². The molecule has 0 aliphatic carbocycles. The summed E-state index contributed by atoms with van der Waals surface area (Å²) in [4.78, 5) is 41.2. The van der Waals surface area contributed by atoms with Crippen molar-refractivity contribution >= 4 is 34.8 Å². The first-order valence-corrected chi connectivity index (χ1v) is 12.3. The monoisotopic (exact) mass is 462 g/mol. The van der Waals surface area contributed by atoms with E-state index in [1.807, 2.05) is 36.4 Å². The van der Waals surface area contributed by atoms with E-state index in [-0.39, 0.29) is 30.1 Å². The van der Waals surface area contributed by atoms with Gasteiger partial charge in [-0.1, -0.05) is 37.6 Å². The van der Waals surface area contributed by atoms with Crippen molar-refractivity contribution in [2.45, 2.75) is 45.4 Å². The molecule has 2 heterocycles. The normalized spacial score (nSPS) is 18.9. The predicted molar refractivity (Wildman–Crippen MR) is 135 cm³/mol. The van der Waals surface area contributed by atoms with Crippen molar-refractivity contribution in [1.29, 1.82) is 0 Å². The van der Waals surface area contributed by atoms with Gasteiger partial charge in [0.1, 0.15) is 0 Å². The minimum atomic E-state index is -0.402. The Hall–Kier alpha value is -3.35. The molecule has 7 nitrogen and oxygen atoms in total. The van der Waals surface area contributed by atoms with E-state index in [1.165, 1.54) is 5.56 Å². The van der Waals surface area contributed by atoms with Gasteiger partial charge in [-0.05, 0) is 55.5 Å². The van der Waals surface area contributed by atoms with Gasteiger partial charge in [-0.3, -0.25) is 14.4 Å². The molecule has 2 fully saturated rings. The Morgan fingerprint density at radius 3 is 2.41 bits per heavy atom. The lowest BCUT2D eigenvalue weighted by molar-refractivity contribution is -0.122. The number of carbonyl (C=O) groups excluding carboxylic acids is 3. The van der Waals surface area contributed by atoms with Crippen LogP contribution >= 0.6 is 0 Å². The van der Waals surface area contributed by atoms with Crippen LogP contribution in [0.3, 0.4) is 0 Å². The van der Waals surface area contributed by atoms with E-state index in [9.17, 15) is 14.4 Å². The Morgan fingerprint density at radius 1 is 1.03 bits per heavy atom. The number of aryl methyl sites for hydroxylation is 1. The fourth-order valence-electron chi connectivity index (χ4n) is 4.85. The first kappa shape index (κ1) is 23.8. The second kappa shape index (κ2) is 10.7. The molecule has 34 heavy (non-hydrogen) atoms. The van der Waals surface area contributed by atoms with Crippen LogP contribution in [0.25, 0.3) is 0 Å². The minimum Gasteiger partial charge on any atom is -0.370 e. The number of carbonyl (C=O) groups is 3. The van der Waals surface area contributed by atoms with Gasteiger partial charge in [-0.25, -0.2) is 0 Å². The summed E-state index contributed by atoms with van der Waals surface area (Å²) in [5.74, 6) is -0.902. The molecule has 2 aliphatic rings. The van der Waals surface area contributed by atoms with Crippen LogP contribution in [-0.2, 0) is 20.8 Å². The Balaban J connectivity index is 1.39. The molecule has 0 aromatic heterocycles. The first-order valence-electron chi connectivity index (χ1n) is 12.3. The quantitative estimate of drug-likeness (QED) is 0.625. The van der Waals surface area contributed by atoms with Crippen LogP contribution in [0, 0.1) is 11.8 Å². The number of rotatable bonds is 8. The summed E-state index contributed by atoms with van der Waals surface area (Å²) < 4.78 is 0. The zero-order chi connectivity index (χ0) is 24.1. The van der Waals surface area contributed by atoms with Crippen molar-refractivity contribution < 1.29 is 14.4 Å². The fourth-order valence-corrected chi connectivity index (χ4v) is 4.85. The van der Waals surface area contributed by atoms with Crippen LogP contribution in [0.1, 0.15) is 44.6 Å². The van der Waals surface area contributed by atoms with Crippen LogP contribution in [0.4, 0.5) is 17.1 Å². The average molecular weight is 463 g/mol. The van der Waals surface area contributed by atoms with Crippen LogP contribution in [0.2, 0.25) is 0 Å². The van der Waals surface area contributed by atoms with E-state index < -0.39 is 5.92 Å². The lowest BCUT2D eigenvalue weighted by atomic mass is 9.96. The molecule has 1 unspecified atom stereocenters. The summed E-state index contributed by atoms with van der Waals surface area (Å²) >= 11 is 0. The molecule has 0 bridgehead atoms. The standard InChI is InChI=1S/C27H34N4O3/c1-2-3-6-19-9-11-22(12-10-19)31-18-21(17-25(31)32)27(34)29-23-7-4-5-8-24(23)30-15-13-20(14-16-30)26(28)33/h4-5,7-12,20-21H,2-3,6,13-18H2,1H3,(H2,28,33)(H,29,34). The zero-order valence-electron chi connectivity index (χ0n) is 19.8. The first-order chi connectivity index (χ1) is 16.5. The third kappa shape index (κ3) is 5.41. The molecule has 2 aromatic rings. The molecule has 0 spiro atoms. The number of hydrogen-bond donors (Lipinski definition) is 2. The van der Waals surface area contributed by atoms with Crippen molar-refractivity contribution in [2.75, 3.05) is 34.8 Å². The van der Waals surface area contributed by atoms with Crippen LogP contribution in [0.15, 0.2) is 48.5 Å². The largest absolute Gasteiger partial charge is 0.370 e. The number of nitrogens with zero attached hydrogens (tertiary/aromatic N) is 2. The maximum absolute atomic E-state index is 13.1. The Bertz CT molecular complexity index is 1030. The maximum Gasteiger partial charge on any atom is 0.229 e. The summed E-state index contributed by atoms with van der Waals surface area (Å²) in [6, 6.07) is 15.8. The molecule has 7 heteroatoms. The van der Waals surface area contributed by atoms with E-state index in [0.717, 1.165) is 36.3 Å². The fraction of sp³-hybridized carbons (Fsp3) is 0.444. The molecule has 1 atom stereocenters. The lowest BCUT2D eigenvalue weighted by Gasteiger charge is -2.33. The average Bonchev–Trinajstić information content (AvgIpc) is 3.25. The molecule has 4 rings (SSSR count). The minimum absolute atomic E-state index is 0.0248. The van der Waals surface area contributed by atoms with Gasteiger partial charge < -0.3 is 20.9 Å². The van der Waals surface area contributed by atoms with Crippen LogP contribution < -0.4 is 20.9 Å². The topological polar surface area (TPSA) is 95.7 Å². The molecule has 180 valence electrons. The lowest BCUT2D eigenvalue weighted by Crippen LogP contribution is -2.39. The summed E-state index contributed by atoms with van der Waals surface area (Å²) in [5, 5.41) is 3.06. The van der Waals surface area contributed by atoms with Crippen LogP contribution in [-0.4, -0.2) is 37.4 Å². The predicted octanol–water partition coefficient (Wildman–Crippen LogP) is 3.72. The summed E-state index contributed by atoms with van der Waals surface area (Å²) in [6.45, 7) is 3.98. The van der Waals surface area contributed by atoms with Gasteiger partial charge in [0, 0.05) is 37.7 Å². The highest BCUT2D eigenvalue weighted by Gasteiger charge is 2.35. The van der Waals surface area contributed by atoms with Gasteiger partial charge in [0.15, 0.2) is 0 Å². The number of primary amides is 1. The number of amides is 3. The number of nitrogens with one attached hydrogen (secondary N) is 1. The Labute approximate surface area is 201 Å². The molecule has 0 saturated carbocycles. The number of unbranched alkanes of at least 4 members (excludes halogenated alkanes) is 1. The highest BCUT2D eigenvalue weighted by Crippen LogP contribution is 2.32. The van der Waals surface area contributed by atoms with Gasteiger partial charge in [0.25, 0.3) is 0 Å². The maximum atomic E-state index is 13.1. The summed E-state index contributed by atoms with van der Waals surface area (Å²) in [7, 11) is 0. The van der Waals surface area contributed by atoms with Crippen LogP contribution in [0.5, 0.6) is 0 Å². The number of benzene rings is 2. The van der Waals surface area contributed by atoms with Gasteiger partial charge in [-0.15, -0.1) is 0 Å². The van der Waals surface area contributed by atoms with Crippen molar-refractivity contribution in [2.24, 2.45) is 17.6 Å². The third-order valence-electron chi connectivity index (χ3n) is 6.96. The SMILES string of the molecule is CCCCc1ccc(N2CC(C(=O)Nc3ccccc3N3CCC(C(N)=O)CC3)CC2=O)cc1. The van der Waals surface area contributed by atoms with Gasteiger partial charge in [-0.2, -0.15) is 0 Å². The van der Waals surface area contributed by atoms with Gasteiger partial charge in [0.05, 0.1) is 17.3 Å². The molecule has 2 aliphatic heterocycles. The second-order valence-corrected chi connectivity index (χ2v) is 9.35. The van der Waals surface area contributed by atoms with Crippen molar-refractivity contribution in [3.8, 4) is 0 Å². The number of hydrogen-bond acceptors (Lipinski definition) is 4. The number of para-hydroxylation sites is 2. The summed E-state index contributed by atoms with van der Waals surface area (Å²) in [6.07, 6.45) is 4.96. The smallest absolute Gasteiger partial charge is 0.229 e.